The predicted molar refractivity (Wildman–Crippen MR) is 160 cm³/mol. The van der Waals surface area contributed by atoms with Gasteiger partial charge in [0.2, 0.25) is 0 Å². The van der Waals surface area contributed by atoms with Crippen molar-refractivity contribution < 1.29 is 0 Å². The Kier molecular flexibility index (Phi) is 8.71. The van der Waals surface area contributed by atoms with Gasteiger partial charge < -0.3 is 11.5 Å². The molecule has 37 heavy (non-hydrogen) atoms. The molecule has 0 saturated carbocycles. The predicted octanol–water partition coefficient (Wildman–Crippen LogP) is 8.22. The van der Waals surface area contributed by atoms with Crippen molar-refractivity contribution >= 4 is 11.4 Å². The van der Waals surface area contributed by atoms with Gasteiger partial charge in [0.1, 0.15) is 0 Å². The number of hydrogen-bond acceptors (Lipinski definition) is 2. The maximum atomic E-state index is 5.98. The minimum absolute atomic E-state index is 0.852. The molecule has 0 amide bonds. The monoisotopic (exact) mass is 490 g/mol. The fraction of sp³-hybridized carbons (Fsp3) is 0.314. The molecule has 4 aromatic rings. The van der Waals surface area contributed by atoms with Crippen molar-refractivity contribution in [1.29, 1.82) is 0 Å². The molecule has 0 aliphatic carbocycles. The van der Waals surface area contributed by atoms with Gasteiger partial charge in [-0.25, -0.2) is 0 Å². The van der Waals surface area contributed by atoms with Crippen molar-refractivity contribution in [1.82, 2.24) is 0 Å². The number of nitrogens with two attached hydrogens (primary N) is 2. The zero-order chi connectivity index (χ0) is 26.4. The minimum atomic E-state index is 0.852. The lowest BCUT2D eigenvalue weighted by atomic mass is 9.94. The molecule has 0 aromatic heterocycles. The molecule has 0 aliphatic heterocycles. The van der Waals surface area contributed by atoms with E-state index in [0.29, 0.717) is 0 Å². The number of aryl methyl sites for hydroxylation is 6. The van der Waals surface area contributed by atoms with Crippen LogP contribution >= 0.6 is 0 Å². The average Bonchev–Trinajstić information content (AvgIpc) is 2.85. The van der Waals surface area contributed by atoms with Gasteiger partial charge in [-0.05, 0) is 146 Å². The second kappa shape index (κ2) is 12.1. The second-order valence-corrected chi connectivity index (χ2v) is 10.8. The topological polar surface area (TPSA) is 52.0 Å². The molecule has 4 N–H and O–H groups in total. The molecule has 2 nitrogen and oxygen atoms in total. The highest BCUT2D eigenvalue weighted by molar-refractivity contribution is 5.51. The fourth-order valence-corrected chi connectivity index (χ4v) is 5.50. The van der Waals surface area contributed by atoms with Gasteiger partial charge in [-0.1, -0.05) is 55.0 Å². The molecular formula is C35H42N2. The van der Waals surface area contributed by atoms with E-state index in [-0.39, 0.29) is 0 Å². The van der Waals surface area contributed by atoms with Crippen LogP contribution in [-0.2, 0) is 25.7 Å². The Hall–Kier alpha value is -3.52. The Morgan fingerprint density at radius 1 is 0.432 bits per heavy atom. The highest BCUT2D eigenvalue weighted by atomic mass is 14.5. The Balaban J connectivity index is 1.20. The van der Waals surface area contributed by atoms with Crippen LogP contribution in [0, 0.1) is 27.7 Å². The van der Waals surface area contributed by atoms with Gasteiger partial charge in [-0.3, -0.25) is 0 Å². The zero-order valence-electron chi connectivity index (χ0n) is 23.0. The summed E-state index contributed by atoms with van der Waals surface area (Å²) in [4.78, 5) is 0. The summed E-state index contributed by atoms with van der Waals surface area (Å²) in [5.41, 5.74) is 27.2. The summed E-state index contributed by atoms with van der Waals surface area (Å²) in [6, 6.07) is 26.7. The van der Waals surface area contributed by atoms with Crippen LogP contribution in [0.3, 0.4) is 0 Å². The number of rotatable bonds is 10. The van der Waals surface area contributed by atoms with Gasteiger partial charge in [0.15, 0.2) is 0 Å². The number of nitrogen functional groups attached to an aromatic ring is 2. The third-order valence-electron chi connectivity index (χ3n) is 7.68. The van der Waals surface area contributed by atoms with E-state index in [2.05, 4.69) is 100 Å². The summed E-state index contributed by atoms with van der Waals surface area (Å²) in [6.45, 7) is 8.63. The maximum Gasteiger partial charge on any atom is 0.0319 e. The molecule has 0 saturated heterocycles. The van der Waals surface area contributed by atoms with Crippen LogP contribution in [0.4, 0.5) is 11.4 Å². The van der Waals surface area contributed by atoms with Crippen LogP contribution in [0.15, 0.2) is 72.8 Å². The van der Waals surface area contributed by atoms with Crippen LogP contribution in [0.1, 0.15) is 74.9 Å². The Labute approximate surface area is 223 Å². The molecule has 4 rings (SSSR count). The van der Waals surface area contributed by atoms with Gasteiger partial charge in [0.05, 0.1) is 0 Å². The summed E-state index contributed by atoms with van der Waals surface area (Å²) in [6.07, 6.45) is 7.98. The summed E-state index contributed by atoms with van der Waals surface area (Å²) >= 11 is 0. The molecule has 0 unspecified atom stereocenters. The molecule has 4 aromatic carbocycles. The molecular weight excluding hydrogens is 448 g/mol. The normalized spacial score (nSPS) is 11.1. The van der Waals surface area contributed by atoms with Crippen molar-refractivity contribution in [2.75, 3.05) is 11.5 Å². The van der Waals surface area contributed by atoms with E-state index in [1.54, 1.807) is 0 Å². The minimum Gasteiger partial charge on any atom is -0.399 e. The molecule has 192 valence electrons. The number of hydrogen-bond donors (Lipinski definition) is 2. The van der Waals surface area contributed by atoms with E-state index in [0.717, 1.165) is 37.1 Å². The Morgan fingerprint density at radius 2 is 0.730 bits per heavy atom. The highest BCUT2D eigenvalue weighted by Crippen LogP contribution is 2.23. The van der Waals surface area contributed by atoms with Crippen LogP contribution in [-0.4, -0.2) is 0 Å². The first-order chi connectivity index (χ1) is 17.8. The number of anilines is 2. The summed E-state index contributed by atoms with van der Waals surface area (Å²) in [5, 5.41) is 0. The summed E-state index contributed by atoms with van der Waals surface area (Å²) in [7, 11) is 0. The smallest absolute Gasteiger partial charge is 0.0319 e. The molecule has 0 aliphatic rings. The van der Waals surface area contributed by atoms with Gasteiger partial charge in [0, 0.05) is 11.4 Å². The van der Waals surface area contributed by atoms with Gasteiger partial charge >= 0.3 is 0 Å². The summed E-state index contributed by atoms with van der Waals surface area (Å²) < 4.78 is 0. The lowest BCUT2D eigenvalue weighted by molar-refractivity contribution is 0.678. The third kappa shape index (κ3) is 7.26. The molecule has 0 spiro atoms. The number of benzene rings is 4. The number of unbranched alkanes of at least 4 members (excludes halogenated alkanes) is 2. The van der Waals surface area contributed by atoms with E-state index in [1.807, 2.05) is 0 Å². The van der Waals surface area contributed by atoms with Crippen LogP contribution in [0.5, 0.6) is 0 Å². The molecule has 0 fully saturated rings. The van der Waals surface area contributed by atoms with E-state index >= 15 is 0 Å². The van der Waals surface area contributed by atoms with Crippen LogP contribution in [0.25, 0.3) is 0 Å². The Morgan fingerprint density at radius 3 is 1.05 bits per heavy atom. The SMILES string of the molecule is Cc1cc(N)cc(C)c1Cc1ccc(CCCCCc2ccc(Cc3c(C)cc(N)cc3C)cc2)cc1. The largest absolute Gasteiger partial charge is 0.399 e. The van der Waals surface area contributed by atoms with Gasteiger partial charge in [-0.15, -0.1) is 0 Å². The highest BCUT2D eigenvalue weighted by Gasteiger charge is 2.07. The first-order valence-electron chi connectivity index (χ1n) is 13.7. The first-order valence-corrected chi connectivity index (χ1v) is 13.7. The average molecular weight is 491 g/mol. The first kappa shape index (κ1) is 26.5. The second-order valence-electron chi connectivity index (χ2n) is 10.8. The van der Waals surface area contributed by atoms with Crippen LogP contribution in [0.2, 0.25) is 0 Å². The maximum absolute atomic E-state index is 5.98. The van der Waals surface area contributed by atoms with Crippen molar-refractivity contribution in [2.45, 2.75) is 72.6 Å². The molecule has 0 atom stereocenters. The van der Waals surface area contributed by atoms with Crippen LogP contribution < -0.4 is 11.5 Å². The van der Waals surface area contributed by atoms with E-state index in [9.17, 15) is 0 Å². The fourth-order valence-electron chi connectivity index (χ4n) is 5.50. The zero-order valence-corrected chi connectivity index (χ0v) is 23.0. The van der Waals surface area contributed by atoms with E-state index in [4.69, 9.17) is 11.5 Å². The third-order valence-corrected chi connectivity index (χ3v) is 7.68. The lowest BCUT2D eigenvalue weighted by Gasteiger charge is -2.12. The van der Waals surface area contributed by atoms with Crippen molar-refractivity contribution in [3.63, 3.8) is 0 Å². The van der Waals surface area contributed by atoms with Gasteiger partial charge in [-0.2, -0.15) is 0 Å². The standard InChI is InChI=1S/C35H42N2/c1-24-18-32(36)19-25(2)34(24)22-30-14-10-28(11-15-30)8-6-5-7-9-29-12-16-31(17-13-29)23-35-26(3)20-33(37)21-27(35)4/h10-21H,5-9,22-23,36-37H2,1-4H3. The quantitative estimate of drug-likeness (QED) is 0.174. The van der Waals surface area contributed by atoms with E-state index < -0.39 is 0 Å². The van der Waals surface area contributed by atoms with Gasteiger partial charge in [0.25, 0.3) is 0 Å². The Bertz CT molecular complexity index is 1180. The molecule has 0 bridgehead atoms. The van der Waals surface area contributed by atoms with Crippen molar-refractivity contribution in [2.24, 2.45) is 0 Å². The molecule has 2 heteroatoms. The lowest BCUT2D eigenvalue weighted by Crippen LogP contribution is -1.98. The van der Waals surface area contributed by atoms with Crippen molar-refractivity contribution in [3.05, 3.63) is 128 Å². The summed E-state index contributed by atoms with van der Waals surface area (Å²) in [5.74, 6) is 0. The molecule has 0 heterocycles. The van der Waals surface area contributed by atoms with E-state index in [1.165, 1.54) is 74.9 Å². The molecule has 0 radical (unpaired) electrons. The van der Waals surface area contributed by atoms with Crippen molar-refractivity contribution in [3.8, 4) is 0 Å².